The quantitative estimate of drug-likeness (QED) is 0.452. The normalized spacial score (nSPS) is 11.9. The molecule has 0 aliphatic carbocycles. The summed E-state index contributed by atoms with van der Waals surface area (Å²) in [5.41, 5.74) is 3.65. The number of carbonyl (C=O) groups is 2. The van der Waals surface area contributed by atoms with Crippen molar-refractivity contribution in [2.75, 3.05) is 0 Å². The molecule has 4 nitrogen and oxygen atoms in total. The zero-order chi connectivity index (χ0) is 19.6. The van der Waals surface area contributed by atoms with Gasteiger partial charge >= 0.3 is 5.97 Å². The highest BCUT2D eigenvalue weighted by molar-refractivity contribution is 6.30. The molecule has 0 saturated carbocycles. The topological polar surface area (TPSA) is 48.3 Å². The van der Waals surface area contributed by atoms with Crippen molar-refractivity contribution in [1.29, 1.82) is 0 Å². The fourth-order valence-corrected chi connectivity index (χ4v) is 3.20. The van der Waals surface area contributed by atoms with Gasteiger partial charge in [0.15, 0.2) is 6.10 Å². The Bertz CT molecular complexity index is 975. The Kier molecular flexibility index (Phi) is 5.47. The van der Waals surface area contributed by atoms with Gasteiger partial charge in [0.25, 0.3) is 0 Å². The van der Waals surface area contributed by atoms with Crippen molar-refractivity contribution in [1.82, 2.24) is 4.57 Å². The summed E-state index contributed by atoms with van der Waals surface area (Å²) < 4.78 is 7.38. The monoisotopic (exact) mass is 381 g/mol. The predicted molar refractivity (Wildman–Crippen MR) is 106 cm³/mol. The third-order valence-corrected chi connectivity index (χ3v) is 4.70. The Balaban J connectivity index is 1.81. The number of esters is 1. The van der Waals surface area contributed by atoms with Crippen molar-refractivity contribution >= 4 is 23.4 Å². The highest BCUT2D eigenvalue weighted by atomic mass is 35.5. The standard InChI is InChI=1S/C22H20ClNO3/c1-14-13-20(15(2)24(14)19-7-5-4-6-8-19)21(25)16(3)27-22(26)17-9-11-18(23)12-10-17/h4-13,16H,1-3H3/t16-/m1/s1. The molecule has 0 bridgehead atoms. The second-order valence-corrected chi connectivity index (χ2v) is 6.81. The molecule has 0 aliphatic rings. The summed E-state index contributed by atoms with van der Waals surface area (Å²) in [5.74, 6) is -0.781. The van der Waals surface area contributed by atoms with Gasteiger partial charge in [-0.2, -0.15) is 0 Å². The summed E-state index contributed by atoms with van der Waals surface area (Å²) in [5, 5.41) is 0.532. The third kappa shape index (κ3) is 3.96. The van der Waals surface area contributed by atoms with E-state index in [1.54, 1.807) is 31.2 Å². The molecule has 3 rings (SSSR count). The maximum Gasteiger partial charge on any atom is 0.338 e. The zero-order valence-corrected chi connectivity index (χ0v) is 16.2. The van der Waals surface area contributed by atoms with Gasteiger partial charge in [0.1, 0.15) is 0 Å². The van der Waals surface area contributed by atoms with E-state index in [0.717, 1.165) is 17.1 Å². The van der Waals surface area contributed by atoms with Gasteiger partial charge in [-0.25, -0.2) is 4.79 Å². The molecule has 1 aromatic heterocycles. The molecule has 27 heavy (non-hydrogen) atoms. The van der Waals surface area contributed by atoms with Crippen LogP contribution in [0.3, 0.4) is 0 Å². The van der Waals surface area contributed by atoms with Crippen molar-refractivity contribution in [2.45, 2.75) is 26.9 Å². The van der Waals surface area contributed by atoms with E-state index in [0.29, 0.717) is 16.1 Å². The van der Waals surface area contributed by atoms with Gasteiger partial charge in [0, 0.05) is 27.7 Å². The number of benzene rings is 2. The Morgan fingerprint density at radius 1 is 1.00 bits per heavy atom. The van der Waals surface area contributed by atoms with Crippen LogP contribution in [0, 0.1) is 13.8 Å². The third-order valence-electron chi connectivity index (χ3n) is 4.44. The van der Waals surface area contributed by atoms with Gasteiger partial charge in [-0.15, -0.1) is 0 Å². The Labute approximate surface area is 163 Å². The molecule has 0 unspecified atom stereocenters. The first-order chi connectivity index (χ1) is 12.9. The first kappa shape index (κ1) is 18.9. The first-order valence-electron chi connectivity index (χ1n) is 8.63. The summed E-state index contributed by atoms with van der Waals surface area (Å²) in [4.78, 5) is 25.1. The number of aromatic nitrogens is 1. The minimum Gasteiger partial charge on any atom is -0.451 e. The number of hydrogen-bond donors (Lipinski definition) is 0. The van der Waals surface area contributed by atoms with E-state index < -0.39 is 12.1 Å². The van der Waals surface area contributed by atoms with Gasteiger partial charge in [0.2, 0.25) is 5.78 Å². The number of ketones is 1. The number of hydrogen-bond acceptors (Lipinski definition) is 3. The summed E-state index contributed by atoms with van der Waals surface area (Å²) in [6.45, 7) is 5.42. The molecule has 0 radical (unpaired) electrons. The van der Waals surface area contributed by atoms with Crippen molar-refractivity contribution in [2.24, 2.45) is 0 Å². The number of aryl methyl sites for hydroxylation is 1. The summed E-state index contributed by atoms with van der Waals surface area (Å²) in [6.07, 6.45) is -0.891. The number of nitrogens with zero attached hydrogens (tertiary/aromatic N) is 1. The van der Waals surface area contributed by atoms with Crippen molar-refractivity contribution in [3.8, 4) is 5.69 Å². The van der Waals surface area contributed by atoms with Crippen molar-refractivity contribution in [3.63, 3.8) is 0 Å². The second-order valence-electron chi connectivity index (χ2n) is 6.37. The lowest BCUT2D eigenvalue weighted by Gasteiger charge is -2.13. The van der Waals surface area contributed by atoms with Crippen LogP contribution in [-0.4, -0.2) is 22.4 Å². The van der Waals surface area contributed by atoms with E-state index in [1.807, 2.05) is 54.8 Å². The van der Waals surface area contributed by atoms with Crippen LogP contribution < -0.4 is 0 Å². The molecule has 0 spiro atoms. The van der Waals surface area contributed by atoms with Gasteiger partial charge in [0.05, 0.1) is 5.56 Å². The molecule has 2 aromatic carbocycles. The number of rotatable bonds is 5. The first-order valence-corrected chi connectivity index (χ1v) is 9.01. The smallest absolute Gasteiger partial charge is 0.338 e. The summed E-state index contributed by atoms with van der Waals surface area (Å²) >= 11 is 5.83. The van der Waals surface area contributed by atoms with E-state index in [-0.39, 0.29) is 5.78 Å². The minimum absolute atomic E-state index is 0.229. The maximum absolute atomic E-state index is 12.9. The van der Waals surface area contributed by atoms with Crippen molar-refractivity contribution < 1.29 is 14.3 Å². The highest BCUT2D eigenvalue weighted by Crippen LogP contribution is 2.22. The van der Waals surface area contributed by atoms with E-state index in [1.165, 1.54) is 0 Å². The SMILES string of the molecule is Cc1cc(C(=O)[C@@H](C)OC(=O)c2ccc(Cl)cc2)c(C)n1-c1ccccc1. The lowest BCUT2D eigenvalue weighted by Crippen LogP contribution is -2.24. The van der Waals surface area contributed by atoms with E-state index in [4.69, 9.17) is 16.3 Å². The number of para-hydroxylation sites is 1. The molecule has 1 heterocycles. The van der Waals surface area contributed by atoms with Gasteiger partial charge < -0.3 is 9.30 Å². The number of Topliss-reactive ketones (excluding diaryl/α,β-unsaturated/α-hetero) is 1. The number of carbonyl (C=O) groups excluding carboxylic acids is 2. The van der Waals surface area contributed by atoms with Crippen LogP contribution in [-0.2, 0) is 4.74 Å². The zero-order valence-electron chi connectivity index (χ0n) is 15.4. The van der Waals surface area contributed by atoms with E-state index in [9.17, 15) is 9.59 Å². The average molecular weight is 382 g/mol. The molecule has 138 valence electrons. The summed E-state index contributed by atoms with van der Waals surface area (Å²) in [7, 11) is 0. The van der Waals surface area contributed by atoms with Crippen LogP contribution in [0.4, 0.5) is 0 Å². The molecular formula is C22H20ClNO3. The van der Waals surface area contributed by atoms with Crippen LogP contribution >= 0.6 is 11.6 Å². The molecule has 0 amide bonds. The molecule has 0 N–H and O–H groups in total. The van der Waals surface area contributed by atoms with Gasteiger partial charge in [-0.3, -0.25) is 4.79 Å². The average Bonchev–Trinajstić information content (AvgIpc) is 2.96. The van der Waals surface area contributed by atoms with Crippen LogP contribution in [0.2, 0.25) is 5.02 Å². The largest absolute Gasteiger partial charge is 0.451 e. The Hall–Kier alpha value is -2.85. The molecule has 3 aromatic rings. The number of halogens is 1. The maximum atomic E-state index is 12.9. The highest BCUT2D eigenvalue weighted by Gasteiger charge is 2.24. The van der Waals surface area contributed by atoms with Crippen LogP contribution in [0.1, 0.15) is 39.0 Å². The molecule has 1 atom stereocenters. The van der Waals surface area contributed by atoms with Gasteiger partial charge in [-0.05, 0) is 63.2 Å². The molecule has 0 saturated heterocycles. The Morgan fingerprint density at radius 3 is 2.26 bits per heavy atom. The van der Waals surface area contributed by atoms with E-state index >= 15 is 0 Å². The number of ether oxygens (including phenoxy) is 1. The van der Waals surface area contributed by atoms with Crippen LogP contribution in [0.5, 0.6) is 0 Å². The molecule has 0 fully saturated rings. The summed E-state index contributed by atoms with van der Waals surface area (Å²) in [6, 6.07) is 18.0. The van der Waals surface area contributed by atoms with Gasteiger partial charge in [-0.1, -0.05) is 29.8 Å². The van der Waals surface area contributed by atoms with Crippen LogP contribution in [0.15, 0.2) is 60.7 Å². The van der Waals surface area contributed by atoms with Crippen molar-refractivity contribution in [3.05, 3.63) is 88.2 Å². The minimum atomic E-state index is -0.891. The molecule has 0 aliphatic heterocycles. The molecule has 5 heteroatoms. The molecular weight excluding hydrogens is 362 g/mol. The second kappa shape index (κ2) is 7.80. The fraction of sp³-hybridized carbons (Fsp3) is 0.182. The van der Waals surface area contributed by atoms with E-state index in [2.05, 4.69) is 0 Å². The predicted octanol–water partition coefficient (Wildman–Crippen LogP) is 5.18. The lowest BCUT2D eigenvalue weighted by molar-refractivity contribution is 0.0318. The van der Waals surface area contributed by atoms with Crippen LogP contribution in [0.25, 0.3) is 5.69 Å². The fourth-order valence-electron chi connectivity index (χ4n) is 3.07. The Morgan fingerprint density at radius 2 is 1.63 bits per heavy atom. The lowest BCUT2D eigenvalue weighted by atomic mass is 10.1.